The Balaban J connectivity index is 0. The minimum Gasteiger partial charge on any atom is -0.412 e. The molecule has 3 heteroatoms. The lowest BCUT2D eigenvalue weighted by atomic mass is 10.5. The summed E-state index contributed by atoms with van der Waals surface area (Å²) in [5, 5.41) is 3.31. The van der Waals surface area contributed by atoms with Gasteiger partial charge in [0.25, 0.3) is 0 Å². The van der Waals surface area contributed by atoms with Gasteiger partial charge in [-0.2, -0.15) is 5.10 Å². The Morgan fingerprint density at radius 1 is 1.50 bits per heavy atom. The molecule has 0 aromatic heterocycles. The number of hydrogen-bond acceptors (Lipinski definition) is 2. The zero-order valence-electron chi connectivity index (χ0n) is 4.02. The van der Waals surface area contributed by atoms with Crippen molar-refractivity contribution in [2.24, 2.45) is 10.9 Å². The van der Waals surface area contributed by atoms with Crippen molar-refractivity contribution >= 4 is 5.71 Å². The summed E-state index contributed by atoms with van der Waals surface area (Å²) in [7, 11) is 0. The molecule has 0 aliphatic rings. The van der Waals surface area contributed by atoms with E-state index in [0.717, 1.165) is 5.71 Å². The molecule has 4 N–H and O–H groups in total. The summed E-state index contributed by atoms with van der Waals surface area (Å²) in [6.45, 7) is 3.69. The molecule has 38 valence electrons. The Morgan fingerprint density at radius 3 is 1.67 bits per heavy atom. The van der Waals surface area contributed by atoms with E-state index in [9.17, 15) is 0 Å². The molecule has 0 aromatic rings. The number of hydrazone groups is 1. The van der Waals surface area contributed by atoms with E-state index < -0.39 is 0 Å². The van der Waals surface area contributed by atoms with Gasteiger partial charge < -0.3 is 11.3 Å². The third-order valence-corrected chi connectivity index (χ3v) is 0.258. The molecule has 0 unspecified atom stereocenters. The molecule has 0 aliphatic heterocycles. The largest absolute Gasteiger partial charge is 0.412 e. The van der Waals surface area contributed by atoms with Gasteiger partial charge in [0.15, 0.2) is 0 Å². The molecule has 0 amide bonds. The van der Waals surface area contributed by atoms with E-state index in [1.165, 1.54) is 0 Å². The first-order chi connectivity index (χ1) is 2.27. The first-order valence-electron chi connectivity index (χ1n) is 1.48. The Kier molecular flexibility index (Phi) is 6.69. The smallest absolute Gasteiger partial charge is 0.0314 e. The van der Waals surface area contributed by atoms with Gasteiger partial charge >= 0.3 is 0 Å². The molecule has 0 saturated carbocycles. The van der Waals surface area contributed by atoms with E-state index in [2.05, 4.69) is 5.10 Å². The van der Waals surface area contributed by atoms with Crippen LogP contribution in [0.1, 0.15) is 13.8 Å². The fraction of sp³-hybridized carbons (Fsp3) is 0.667. The van der Waals surface area contributed by atoms with Gasteiger partial charge in [0.1, 0.15) is 0 Å². The monoisotopic (exact) mass is 90.1 g/mol. The van der Waals surface area contributed by atoms with Gasteiger partial charge in [-0.05, 0) is 13.8 Å². The van der Waals surface area contributed by atoms with Gasteiger partial charge in [0.2, 0.25) is 0 Å². The average molecular weight is 90.1 g/mol. The summed E-state index contributed by atoms with van der Waals surface area (Å²) in [6.07, 6.45) is 0. The van der Waals surface area contributed by atoms with E-state index in [-0.39, 0.29) is 5.48 Å². The second-order valence-electron chi connectivity index (χ2n) is 1.08. The first-order valence-corrected chi connectivity index (χ1v) is 1.48. The van der Waals surface area contributed by atoms with Crippen LogP contribution in [0, 0.1) is 0 Å². The second kappa shape index (κ2) is 4.43. The summed E-state index contributed by atoms with van der Waals surface area (Å²) >= 11 is 0. The Bertz CT molecular complexity index is 46.8. The van der Waals surface area contributed by atoms with Crippen LogP contribution in [-0.2, 0) is 0 Å². The number of nitrogens with two attached hydrogens (primary N) is 1. The van der Waals surface area contributed by atoms with Crippen LogP contribution in [0.3, 0.4) is 0 Å². The molecule has 6 heavy (non-hydrogen) atoms. The summed E-state index contributed by atoms with van der Waals surface area (Å²) in [5.74, 6) is 4.76. The molecule has 3 nitrogen and oxygen atoms in total. The van der Waals surface area contributed by atoms with Gasteiger partial charge in [-0.1, -0.05) is 0 Å². The fourth-order valence-corrected chi connectivity index (χ4v) is 0. The van der Waals surface area contributed by atoms with Crippen LogP contribution in [0.15, 0.2) is 5.10 Å². The van der Waals surface area contributed by atoms with Crippen molar-refractivity contribution < 1.29 is 5.48 Å². The van der Waals surface area contributed by atoms with Crippen molar-refractivity contribution in [3.63, 3.8) is 0 Å². The van der Waals surface area contributed by atoms with Crippen LogP contribution in [0.25, 0.3) is 0 Å². The van der Waals surface area contributed by atoms with Gasteiger partial charge in [-0.25, -0.2) is 0 Å². The quantitative estimate of drug-likeness (QED) is 0.243. The Morgan fingerprint density at radius 2 is 1.67 bits per heavy atom. The fourth-order valence-electron chi connectivity index (χ4n) is 0. The molecular weight excluding hydrogens is 80.0 g/mol. The van der Waals surface area contributed by atoms with Crippen molar-refractivity contribution in [2.45, 2.75) is 13.8 Å². The van der Waals surface area contributed by atoms with E-state index in [1.54, 1.807) is 0 Å². The minimum absolute atomic E-state index is 0. The Labute approximate surface area is 37.2 Å². The molecule has 0 fully saturated rings. The summed E-state index contributed by atoms with van der Waals surface area (Å²) in [6, 6.07) is 0. The lowest BCUT2D eigenvalue weighted by Crippen LogP contribution is -1.86. The van der Waals surface area contributed by atoms with Gasteiger partial charge in [-0.15, -0.1) is 0 Å². The average Bonchev–Trinajstić information content (AvgIpc) is 1.38. The molecule has 0 heterocycles. The highest BCUT2D eigenvalue weighted by atomic mass is 16.0. The van der Waals surface area contributed by atoms with Crippen LogP contribution < -0.4 is 5.84 Å². The molecule has 0 aromatic carbocycles. The van der Waals surface area contributed by atoms with Gasteiger partial charge in [0.05, 0.1) is 0 Å². The van der Waals surface area contributed by atoms with E-state index in [1.807, 2.05) is 13.8 Å². The third-order valence-electron chi connectivity index (χ3n) is 0.258. The Hall–Kier alpha value is -0.570. The predicted octanol–water partition coefficient (Wildman–Crippen LogP) is -0.484. The highest BCUT2D eigenvalue weighted by Gasteiger charge is 1.63. The van der Waals surface area contributed by atoms with Crippen LogP contribution in [0.4, 0.5) is 0 Å². The predicted molar refractivity (Wildman–Crippen MR) is 26.6 cm³/mol. The lowest BCUT2D eigenvalue weighted by Gasteiger charge is -1.74. The van der Waals surface area contributed by atoms with Crippen LogP contribution in [0.2, 0.25) is 0 Å². The highest BCUT2D eigenvalue weighted by Crippen LogP contribution is 1.59. The molecule has 0 aliphatic carbocycles. The zero-order valence-corrected chi connectivity index (χ0v) is 4.02. The van der Waals surface area contributed by atoms with Crippen molar-refractivity contribution in [3.8, 4) is 0 Å². The maximum absolute atomic E-state index is 4.76. The van der Waals surface area contributed by atoms with Crippen molar-refractivity contribution in [1.82, 2.24) is 0 Å². The molecule has 0 atom stereocenters. The van der Waals surface area contributed by atoms with Gasteiger partial charge in [0, 0.05) is 5.71 Å². The molecule has 0 radical (unpaired) electrons. The van der Waals surface area contributed by atoms with E-state index in [0.29, 0.717) is 0 Å². The second-order valence-corrected chi connectivity index (χ2v) is 1.08. The third kappa shape index (κ3) is 9.90. The van der Waals surface area contributed by atoms with Gasteiger partial charge in [-0.3, -0.25) is 0 Å². The summed E-state index contributed by atoms with van der Waals surface area (Å²) in [5.41, 5.74) is 0.907. The van der Waals surface area contributed by atoms with Crippen LogP contribution in [-0.4, -0.2) is 11.2 Å². The summed E-state index contributed by atoms with van der Waals surface area (Å²) < 4.78 is 0. The maximum atomic E-state index is 4.76. The normalized spacial score (nSPS) is 5.67. The van der Waals surface area contributed by atoms with E-state index >= 15 is 0 Å². The molecular formula is C3H10N2O. The molecule has 0 bridgehead atoms. The molecule has 0 spiro atoms. The molecule has 0 rings (SSSR count). The number of rotatable bonds is 0. The van der Waals surface area contributed by atoms with Crippen molar-refractivity contribution in [1.29, 1.82) is 0 Å². The lowest BCUT2D eigenvalue weighted by molar-refractivity contribution is 0.824. The highest BCUT2D eigenvalue weighted by molar-refractivity contribution is 5.78. The van der Waals surface area contributed by atoms with Crippen molar-refractivity contribution in [3.05, 3.63) is 0 Å². The van der Waals surface area contributed by atoms with Crippen LogP contribution >= 0.6 is 0 Å². The topological polar surface area (TPSA) is 69.9 Å². The standard InChI is InChI=1S/C3H8N2.H2O/c1-3(2)5-4;/h4H2,1-2H3;1H2. The number of nitrogens with zero attached hydrogens (tertiary/aromatic N) is 1. The van der Waals surface area contributed by atoms with Crippen molar-refractivity contribution in [2.75, 3.05) is 0 Å². The summed E-state index contributed by atoms with van der Waals surface area (Å²) in [4.78, 5) is 0. The maximum Gasteiger partial charge on any atom is 0.0314 e. The first kappa shape index (κ1) is 9.06. The zero-order chi connectivity index (χ0) is 4.28. The van der Waals surface area contributed by atoms with E-state index in [4.69, 9.17) is 5.84 Å². The SMILES string of the molecule is CC(C)=NN.O. The van der Waals surface area contributed by atoms with Crippen LogP contribution in [0.5, 0.6) is 0 Å². The molecule has 0 saturated heterocycles. The number of hydrogen-bond donors (Lipinski definition) is 1. The minimum atomic E-state index is 0.